The summed E-state index contributed by atoms with van der Waals surface area (Å²) < 4.78 is 5.72. The molecule has 1 heterocycles. The zero-order chi connectivity index (χ0) is 7.14. The number of alkyl halides is 1. The third kappa shape index (κ3) is 0.946. The lowest BCUT2D eigenvalue weighted by Gasteiger charge is -2.19. The number of carbonyl (C=O) groups excluding carboxylic acids is 1. The van der Waals surface area contributed by atoms with Crippen LogP contribution in [0.2, 0.25) is 0 Å². The summed E-state index contributed by atoms with van der Waals surface area (Å²) in [5.74, 6) is 0.292. The molecule has 2 unspecified atom stereocenters. The Labute approximate surface area is 73.5 Å². The topological polar surface area (TPSA) is 26.3 Å². The van der Waals surface area contributed by atoms with Crippen LogP contribution in [0, 0.1) is 5.92 Å². The second-order valence-corrected chi connectivity index (χ2v) is 4.60. The molecular weight excluding hydrogens is 243 g/mol. The summed E-state index contributed by atoms with van der Waals surface area (Å²) in [6.07, 6.45) is 3.42. The van der Waals surface area contributed by atoms with Gasteiger partial charge in [-0.3, -0.25) is 4.79 Å². The normalized spacial score (nSPS) is 45.3. The highest BCUT2D eigenvalue weighted by molar-refractivity contribution is 14.1. The van der Waals surface area contributed by atoms with Gasteiger partial charge in [0.1, 0.15) is 6.10 Å². The zero-order valence-electron chi connectivity index (χ0n) is 5.55. The number of ether oxygens (including phenoxy) is 1. The van der Waals surface area contributed by atoms with E-state index < -0.39 is 0 Å². The van der Waals surface area contributed by atoms with Gasteiger partial charge in [-0.1, -0.05) is 22.6 Å². The van der Waals surface area contributed by atoms with Gasteiger partial charge in [0, 0.05) is 3.92 Å². The van der Waals surface area contributed by atoms with Gasteiger partial charge < -0.3 is 4.74 Å². The van der Waals surface area contributed by atoms with E-state index in [0.717, 1.165) is 19.3 Å². The predicted molar refractivity (Wildman–Crippen MR) is 45.0 cm³/mol. The molecule has 0 radical (unpaired) electrons. The van der Waals surface area contributed by atoms with Gasteiger partial charge in [-0.25, -0.2) is 0 Å². The quantitative estimate of drug-likeness (QED) is 0.371. The Morgan fingerprint density at radius 2 is 2.30 bits per heavy atom. The third-order valence-electron chi connectivity index (χ3n) is 2.31. The molecule has 10 heavy (non-hydrogen) atoms. The first-order chi connectivity index (χ1) is 4.77. The Morgan fingerprint density at radius 1 is 1.50 bits per heavy atom. The molecule has 0 aromatic carbocycles. The van der Waals surface area contributed by atoms with Crippen LogP contribution >= 0.6 is 22.6 Å². The lowest BCUT2D eigenvalue weighted by molar-refractivity contribution is -0.143. The molecule has 1 aliphatic carbocycles. The molecule has 3 atom stereocenters. The summed E-state index contributed by atoms with van der Waals surface area (Å²) in [7, 11) is 0. The first-order valence-electron chi connectivity index (χ1n) is 3.62. The van der Waals surface area contributed by atoms with Crippen molar-refractivity contribution in [3.63, 3.8) is 0 Å². The van der Waals surface area contributed by atoms with Gasteiger partial charge in [0.05, 0.1) is 5.92 Å². The average molecular weight is 252 g/mol. The van der Waals surface area contributed by atoms with Crippen molar-refractivity contribution >= 4 is 28.6 Å². The summed E-state index contributed by atoms with van der Waals surface area (Å²) in [6.45, 7) is 0. The first kappa shape index (κ1) is 6.88. The molecule has 0 N–H and O–H groups in total. The molecule has 0 aromatic rings. The number of hydrogen-bond donors (Lipinski definition) is 0. The van der Waals surface area contributed by atoms with Crippen molar-refractivity contribution in [3.8, 4) is 0 Å². The predicted octanol–water partition coefficient (Wildman–Crippen LogP) is 1.52. The molecule has 2 fully saturated rings. The molecule has 2 bridgehead atoms. The maximum absolute atomic E-state index is 11.0. The molecule has 3 heteroatoms. The summed E-state index contributed by atoms with van der Waals surface area (Å²) in [6, 6.07) is 0. The minimum Gasteiger partial charge on any atom is -0.461 e. The standard InChI is InChI=1S/C7H9IO2/c8-5-2-1-4-3-6(5)10-7(4)9/h4-6H,1-3H2/t4?,5-,6?/m1/s1. The minimum atomic E-state index is 0.0455. The van der Waals surface area contributed by atoms with Crippen LogP contribution in [0.5, 0.6) is 0 Å². The van der Waals surface area contributed by atoms with Crippen molar-refractivity contribution in [1.29, 1.82) is 0 Å². The maximum Gasteiger partial charge on any atom is 0.309 e. The Bertz CT molecular complexity index is 169. The van der Waals surface area contributed by atoms with E-state index in [4.69, 9.17) is 4.74 Å². The number of rotatable bonds is 0. The Morgan fingerprint density at radius 3 is 3.00 bits per heavy atom. The molecule has 1 aliphatic heterocycles. The summed E-state index contributed by atoms with van der Waals surface area (Å²) in [5.41, 5.74) is 0. The molecule has 1 saturated carbocycles. The minimum absolute atomic E-state index is 0.0455. The van der Waals surface area contributed by atoms with Crippen molar-refractivity contribution in [2.75, 3.05) is 0 Å². The highest BCUT2D eigenvalue weighted by Crippen LogP contribution is 2.37. The second kappa shape index (κ2) is 2.36. The van der Waals surface area contributed by atoms with Crippen LogP contribution in [-0.4, -0.2) is 16.0 Å². The Balaban J connectivity index is 2.15. The van der Waals surface area contributed by atoms with E-state index in [1.807, 2.05) is 0 Å². The van der Waals surface area contributed by atoms with Crippen LogP contribution in [0.1, 0.15) is 19.3 Å². The molecule has 2 aliphatic rings. The molecule has 0 amide bonds. The lowest BCUT2D eigenvalue weighted by atomic mass is 9.90. The van der Waals surface area contributed by atoms with Crippen LogP contribution in [0.15, 0.2) is 0 Å². The Kier molecular flexibility index (Phi) is 1.62. The van der Waals surface area contributed by atoms with Gasteiger partial charge in [0.25, 0.3) is 0 Å². The van der Waals surface area contributed by atoms with E-state index in [0.29, 0.717) is 3.92 Å². The van der Waals surface area contributed by atoms with Crippen molar-refractivity contribution < 1.29 is 9.53 Å². The highest BCUT2D eigenvalue weighted by atomic mass is 127. The van der Waals surface area contributed by atoms with Gasteiger partial charge in [0.2, 0.25) is 0 Å². The largest absolute Gasteiger partial charge is 0.461 e. The highest BCUT2D eigenvalue weighted by Gasteiger charge is 2.41. The molecule has 1 saturated heterocycles. The van der Waals surface area contributed by atoms with Crippen molar-refractivity contribution in [3.05, 3.63) is 0 Å². The van der Waals surface area contributed by atoms with E-state index in [1.54, 1.807) is 0 Å². The van der Waals surface area contributed by atoms with Crippen LogP contribution < -0.4 is 0 Å². The molecule has 2 rings (SSSR count). The fraction of sp³-hybridized carbons (Fsp3) is 0.857. The lowest BCUT2D eigenvalue weighted by Crippen LogP contribution is -2.22. The second-order valence-electron chi connectivity index (χ2n) is 3.00. The number of halogens is 1. The SMILES string of the molecule is O=C1OC2CC1CC[C@H]2I. The van der Waals surface area contributed by atoms with Crippen LogP contribution in [-0.2, 0) is 9.53 Å². The number of fused-ring (bicyclic) bond motifs is 2. The smallest absolute Gasteiger partial charge is 0.309 e. The number of hydrogen-bond acceptors (Lipinski definition) is 2. The zero-order valence-corrected chi connectivity index (χ0v) is 7.71. The summed E-state index contributed by atoms with van der Waals surface area (Å²) >= 11 is 2.38. The molecule has 56 valence electrons. The third-order valence-corrected chi connectivity index (χ3v) is 3.74. The van der Waals surface area contributed by atoms with Gasteiger partial charge in [-0.2, -0.15) is 0 Å². The van der Waals surface area contributed by atoms with Gasteiger partial charge in [-0.15, -0.1) is 0 Å². The van der Waals surface area contributed by atoms with Gasteiger partial charge >= 0.3 is 5.97 Å². The fourth-order valence-corrected chi connectivity index (χ4v) is 2.47. The van der Waals surface area contributed by atoms with Crippen molar-refractivity contribution in [1.82, 2.24) is 0 Å². The van der Waals surface area contributed by atoms with E-state index in [9.17, 15) is 4.79 Å². The first-order valence-corrected chi connectivity index (χ1v) is 4.86. The molecular formula is C7H9IO2. The molecule has 0 spiro atoms. The van der Waals surface area contributed by atoms with Crippen LogP contribution in [0.3, 0.4) is 0 Å². The molecule has 2 nitrogen and oxygen atoms in total. The number of carbonyl (C=O) groups is 1. The maximum atomic E-state index is 11.0. The van der Waals surface area contributed by atoms with Crippen LogP contribution in [0.4, 0.5) is 0 Å². The summed E-state index contributed by atoms with van der Waals surface area (Å²) in [4.78, 5) is 11.0. The molecule has 0 aromatic heterocycles. The van der Waals surface area contributed by atoms with Gasteiger partial charge in [-0.05, 0) is 19.3 Å². The monoisotopic (exact) mass is 252 g/mol. The van der Waals surface area contributed by atoms with E-state index >= 15 is 0 Å². The number of esters is 1. The fourth-order valence-electron chi connectivity index (χ4n) is 1.67. The van der Waals surface area contributed by atoms with E-state index in [1.165, 1.54) is 0 Å². The van der Waals surface area contributed by atoms with Crippen molar-refractivity contribution in [2.45, 2.75) is 29.3 Å². The van der Waals surface area contributed by atoms with Crippen LogP contribution in [0.25, 0.3) is 0 Å². The Hall–Kier alpha value is 0.200. The van der Waals surface area contributed by atoms with E-state index in [2.05, 4.69) is 22.6 Å². The summed E-state index contributed by atoms with van der Waals surface area (Å²) in [5, 5.41) is 0. The van der Waals surface area contributed by atoms with E-state index in [-0.39, 0.29) is 18.0 Å². The van der Waals surface area contributed by atoms with Gasteiger partial charge in [0.15, 0.2) is 0 Å². The average Bonchev–Trinajstić information content (AvgIpc) is 2.21. The van der Waals surface area contributed by atoms with Crippen molar-refractivity contribution in [2.24, 2.45) is 5.92 Å².